The molecule has 0 unspecified atom stereocenters. The maximum absolute atomic E-state index is 5.60. The Bertz CT molecular complexity index is 851. The SMILES string of the molecule is COc1ccc(-c2ccsc2)cc1CN[C@H]1NCCN[C@H]1c1ccccc1. The van der Waals surface area contributed by atoms with Gasteiger partial charge >= 0.3 is 0 Å². The lowest BCUT2D eigenvalue weighted by Gasteiger charge is -2.35. The second-order valence-electron chi connectivity index (χ2n) is 6.69. The minimum Gasteiger partial charge on any atom is -0.496 e. The standard InChI is InChI=1S/C22H25N3OS/c1-26-20-8-7-17(18-9-12-27-15-18)13-19(20)14-25-22-21(23-10-11-24-22)16-5-3-2-4-6-16/h2-9,12-13,15,21-25H,10-11,14H2,1H3/t21-,22+/m0/s1. The maximum Gasteiger partial charge on any atom is 0.123 e. The molecule has 0 amide bonds. The van der Waals surface area contributed by atoms with E-state index in [2.05, 4.69) is 81.3 Å². The highest BCUT2D eigenvalue weighted by Gasteiger charge is 2.25. The fraction of sp³-hybridized carbons (Fsp3) is 0.273. The molecule has 0 radical (unpaired) electrons. The van der Waals surface area contributed by atoms with Crippen LogP contribution in [0.5, 0.6) is 5.75 Å². The summed E-state index contributed by atoms with van der Waals surface area (Å²) in [5, 5.41) is 15.2. The van der Waals surface area contributed by atoms with Crippen molar-refractivity contribution in [2.24, 2.45) is 0 Å². The third kappa shape index (κ3) is 4.22. The molecule has 0 aliphatic carbocycles. The largest absolute Gasteiger partial charge is 0.496 e. The Morgan fingerprint density at radius 2 is 1.89 bits per heavy atom. The van der Waals surface area contributed by atoms with Crippen molar-refractivity contribution in [2.45, 2.75) is 18.8 Å². The van der Waals surface area contributed by atoms with E-state index in [0.29, 0.717) is 0 Å². The number of benzene rings is 2. The average Bonchev–Trinajstić information content (AvgIpc) is 3.28. The van der Waals surface area contributed by atoms with Gasteiger partial charge in [0.25, 0.3) is 0 Å². The molecule has 3 N–H and O–H groups in total. The fourth-order valence-electron chi connectivity index (χ4n) is 3.60. The lowest BCUT2D eigenvalue weighted by Crippen LogP contribution is -2.57. The molecule has 0 bridgehead atoms. The third-order valence-corrected chi connectivity index (χ3v) is 5.68. The maximum atomic E-state index is 5.60. The van der Waals surface area contributed by atoms with Gasteiger partial charge in [0.1, 0.15) is 5.75 Å². The lowest BCUT2D eigenvalue weighted by atomic mass is 10.0. The second kappa shape index (κ2) is 8.67. The molecule has 1 saturated heterocycles. The van der Waals surface area contributed by atoms with Crippen LogP contribution in [0.15, 0.2) is 65.4 Å². The molecule has 4 rings (SSSR count). The monoisotopic (exact) mass is 379 g/mol. The Balaban J connectivity index is 1.52. The van der Waals surface area contributed by atoms with Crippen molar-refractivity contribution in [2.75, 3.05) is 20.2 Å². The number of nitrogens with one attached hydrogen (secondary N) is 3. The highest BCUT2D eigenvalue weighted by atomic mass is 32.1. The van der Waals surface area contributed by atoms with Gasteiger partial charge in [0.15, 0.2) is 0 Å². The second-order valence-corrected chi connectivity index (χ2v) is 7.47. The number of methoxy groups -OCH3 is 1. The normalized spacial score (nSPS) is 19.7. The van der Waals surface area contributed by atoms with Gasteiger partial charge < -0.3 is 10.1 Å². The van der Waals surface area contributed by atoms with Crippen LogP contribution in [0.2, 0.25) is 0 Å². The van der Waals surface area contributed by atoms with E-state index in [9.17, 15) is 0 Å². The first-order valence-corrected chi connectivity index (χ1v) is 10.2. The van der Waals surface area contributed by atoms with Gasteiger partial charge in [0.2, 0.25) is 0 Å². The van der Waals surface area contributed by atoms with Gasteiger partial charge in [-0.3, -0.25) is 10.6 Å². The first kappa shape index (κ1) is 18.2. The van der Waals surface area contributed by atoms with E-state index >= 15 is 0 Å². The zero-order chi connectivity index (χ0) is 18.5. The molecule has 1 aliphatic rings. The summed E-state index contributed by atoms with van der Waals surface area (Å²) in [6.07, 6.45) is 0.163. The van der Waals surface area contributed by atoms with Crippen LogP contribution < -0.4 is 20.7 Å². The van der Waals surface area contributed by atoms with Crippen molar-refractivity contribution in [3.8, 4) is 16.9 Å². The van der Waals surface area contributed by atoms with E-state index in [-0.39, 0.29) is 12.2 Å². The molecular formula is C22H25N3OS. The summed E-state index contributed by atoms with van der Waals surface area (Å²) in [4.78, 5) is 0. The zero-order valence-electron chi connectivity index (χ0n) is 15.4. The quantitative estimate of drug-likeness (QED) is 0.610. The Kier molecular flexibility index (Phi) is 5.84. The number of piperazine rings is 1. The van der Waals surface area contributed by atoms with Crippen molar-refractivity contribution >= 4 is 11.3 Å². The molecule has 2 heterocycles. The van der Waals surface area contributed by atoms with Gasteiger partial charge in [-0.25, -0.2) is 0 Å². The summed E-state index contributed by atoms with van der Waals surface area (Å²) in [5.41, 5.74) is 4.94. The molecular weight excluding hydrogens is 354 g/mol. The number of thiophene rings is 1. The highest BCUT2D eigenvalue weighted by molar-refractivity contribution is 7.08. The molecule has 0 spiro atoms. The van der Waals surface area contributed by atoms with Crippen molar-refractivity contribution in [3.05, 3.63) is 76.5 Å². The Morgan fingerprint density at radius 1 is 1.04 bits per heavy atom. The molecule has 4 nitrogen and oxygen atoms in total. The topological polar surface area (TPSA) is 45.3 Å². The smallest absolute Gasteiger partial charge is 0.123 e. The van der Waals surface area contributed by atoms with Crippen LogP contribution in [0.4, 0.5) is 0 Å². The van der Waals surface area contributed by atoms with E-state index < -0.39 is 0 Å². The van der Waals surface area contributed by atoms with Crippen LogP contribution >= 0.6 is 11.3 Å². The van der Waals surface area contributed by atoms with Crippen molar-refractivity contribution < 1.29 is 4.74 Å². The minimum atomic E-state index is 0.163. The predicted molar refractivity (Wildman–Crippen MR) is 112 cm³/mol. The summed E-state index contributed by atoms with van der Waals surface area (Å²) in [5.74, 6) is 0.918. The Hall–Kier alpha value is -2.18. The molecule has 1 aromatic heterocycles. The van der Waals surface area contributed by atoms with E-state index in [1.807, 2.05) is 0 Å². The molecule has 2 aromatic carbocycles. The van der Waals surface area contributed by atoms with Crippen molar-refractivity contribution in [1.29, 1.82) is 0 Å². The van der Waals surface area contributed by atoms with Gasteiger partial charge in [-0.1, -0.05) is 36.4 Å². The molecule has 2 atom stereocenters. The molecule has 27 heavy (non-hydrogen) atoms. The minimum absolute atomic E-state index is 0.163. The number of rotatable bonds is 6. The summed E-state index contributed by atoms with van der Waals surface area (Å²) < 4.78 is 5.60. The molecule has 5 heteroatoms. The van der Waals surface area contributed by atoms with E-state index in [1.54, 1.807) is 18.4 Å². The summed E-state index contributed by atoms with van der Waals surface area (Å²) in [6.45, 7) is 2.66. The zero-order valence-corrected chi connectivity index (χ0v) is 16.3. The van der Waals surface area contributed by atoms with Gasteiger partial charge in [0.05, 0.1) is 19.3 Å². The first-order chi connectivity index (χ1) is 13.3. The Morgan fingerprint density at radius 3 is 2.67 bits per heavy atom. The van der Waals surface area contributed by atoms with Gasteiger partial charge in [0, 0.05) is 25.2 Å². The predicted octanol–water partition coefficient (Wildman–Crippen LogP) is 3.77. The summed E-state index contributed by atoms with van der Waals surface area (Å²) in [6, 6.07) is 19.4. The van der Waals surface area contributed by atoms with Crippen LogP contribution in [-0.2, 0) is 6.54 Å². The average molecular weight is 380 g/mol. The summed E-state index contributed by atoms with van der Waals surface area (Å²) >= 11 is 1.72. The molecule has 1 aliphatic heterocycles. The van der Waals surface area contributed by atoms with Crippen molar-refractivity contribution in [1.82, 2.24) is 16.0 Å². The molecule has 1 fully saturated rings. The third-order valence-electron chi connectivity index (χ3n) is 4.99. The highest BCUT2D eigenvalue weighted by Crippen LogP contribution is 2.28. The van der Waals surface area contributed by atoms with Crippen LogP contribution in [0.1, 0.15) is 17.2 Å². The van der Waals surface area contributed by atoms with E-state index in [1.165, 1.54) is 22.3 Å². The van der Waals surface area contributed by atoms with Crippen LogP contribution in [-0.4, -0.2) is 26.4 Å². The molecule has 140 valence electrons. The van der Waals surface area contributed by atoms with Gasteiger partial charge in [-0.2, -0.15) is 11.3 Å². The van der Waals surface area contributed by atoms with E-state index in [0.717, 1.165) is 25.4 Å². The number of hydrogen-bond acceptors (Lipinski definition) is 5. The van der Waals surface area contributed by atoms with Crippen LogP contribution in [0.3, 0.4) is 0 Å². The summed E-state index contributed by atoms with van der Waals surface area (Å²) in [7, 11) is 1.73. The Labute approximate surface area is 164 Å². The van der Waals surface area contributed by atoms with Crippen LogP contribution in [0.25, 0.3) is 11.1 Å². The van der Waals surface area contributed by atoms with Gasteiger partial charge in [-0.05, 0) is 45.6 Å². The fourth-order valence-corrected chi connectivity index (χ4v) is 4.26. The van der Waals surface area contributed by atoms with Crippen LogP contribution in [0, 0.1) is 0 Å². The molecule has 3 aromatic rings. The lowest BCUT2D eigenvalue weighted by molar-refractivity contribution is 0.278. The first-order valence-electron chi connectivity index (χ1n) is 9.30. The molecule has 0 saturated carbocycles. The number of hydrogen-bond donors (Lipinski definition) is 3. The van der Waals surface area contributed by atoms with Crippen molar-refractivity contribution in [3.63, 3.8) is 0 Å². The van der Waals surface area contributed by atoms with E-state index in [4.69, 9.17) is 4.74 Å². The number of ether oxygens (including phenoxy) is 1. The van der Waals surface area contributed by atoms with Gasteiger partial charge in [-0.15, -0.1) is 0 Å².